The SMILES string of the molecule is C.C[C@@]1([C@H](O)[C@H](CCc2ccccc2)NC(=O)OCc2ccccc2)CO1.C[C@]1(C(=O)[C@@H](N)CCc2ccccc2)CO1.C[C@]1(C(=O)[C@H](CCc2ccccc2)NC(=O)OCc2ccccc2)CO1.C[C@]1([C@@H](O)[C@H](CCc2ccccc2)NC(=O)OCc2ccccc2)CO1.N#N. The molecule has 516 valence electrons. The summed E-state index contributed by atoms with van der Waals surface area (Å²) in [5.74, 6) is -0.0754. The molecule has 97 heavy (non-hydrogen) atoms. The Bertz CT molecular complexity index is 3350. The topological polar surface area (TPSA) is 313 Å². The summed E-state index contributed by atoms with van der Waals surface area (Å²) in [7, 11) is 0. The first-order chi connectivity index (χ1) is 46.3. The molecule has 0 saturated carbocycles. The van der Waals surface area contributed by atoms with Crippen LogP contribution in [0.15, 0.2) is 212 Å². The zero-order chi connectivity index (χ0) is 68.8. The van der Waals surface area contributed by atoms with E-state index in [1.54, 1.807) is 13.8 Å². The summed E-state index contributed by atoms with van der Waals surface area (Å²) >= 11 is 0. The number of ketones is 2. The molecule has 4 fully saturated rings. The maximum Gasteiger partial charge on any atom is 0.408 e. The predicted octanol–water partition coefficient (Wildman–Crippen LogP) is 11.4. The first-order valence-electron chi connectivity index (χ1n) is 32.4. The molecule has 4 aliphatic rings. The van der Waals surface area contributed by atoms with Crippen LogP contribution >= 0.6 is 0 Å². The van der Waals surface area contributed by atoms with Crippen molar-refractivity contribution in [3.63, 3.8) is 0 Å². The molecular formula is C77H94N6O14. The molecule has 0 aliphatic carbocycles. The number of amides is 3. The lowest BCUT2D eigenvalue weighted by Gasteiger charge is -2.26. The fraction of sp³-hybridized carbons (Fsp3) is 0.390. The maximum atomic E-state index is 12.7. The van der Waals surface area contributed by atoms with Gasteiger partial charge in [0.25, 0.3) is 0 Å². The molecule has 10 atom stereocenters. The number of benzene rings is 7. The normalized spacial score (nSPS) is 20.5. The largest absolute Gasteiger partial charge is 0.445 e. The summed E-state index contributed by atoms with van der Waals surface area (Å²) in [4.78, 5) is 61.0. The van der Waals surface area contributed by atoms with Crippen LogP contribution in [-0.2, 0) is 88.3 Å². The minimum atomic E-state index is -0.784. The van der Waals surface area contributed by atoms with E-state index < -0.39 is 77.1 Å². The molecule has 4 aliphatic heterocycles. The molecule has 20 nitrogen and oxygen atoms in total. The third-order valence-corrected chi connectivity index (χ3v) is 16.9. The highest BCUT2D eigenvalue weighted by Gasteiger charge is 2.52. The summed E-state index contributed by atoms with van der Waals surface area (Å²) in [5, 5.41) is 41.6. The van der Waals surface area contributed by atoms with Gasteiger partial charge in [0.2, 0.25) is 0 Å². The van der Waals surface area contributed by atoms with Crippen LogP contribution in [0.5, 0.6) is 0 Å². The van der Waals surface area contributed by atoms with Gasteiger partial charge in [0.15, 0.2) is 11.6 Å². The van der Waals surface area contributed by atoms with Crippen LogP contribution in [0.1, 0.15) is 99.7 Å². The number of aliphatic hydroxyl groups excluding tert-OH is 2. The number of aliphatic hydroxyl groups is 2. The second-order valence-electron chi connectivity index (χ2n) is 24.9. The molecule has 0 bridgehead atoms. The highest BCUT2D eigenvalue weighted by Crippen LogP contribution is 2.35. The van der Waals surface area contributed by atoms with Crippen LogP contribution in [0.3, 0.4) is 0 Å². The van der Waals surface area contributed by atoms with Crippen molar-refractivity contribution in [2.24, 2.45) is 5.73 Å². The van der Waals surface area contributed by atoms with E-state index in [0.717, 1.165) is 52.6 Å². The molecule has 4 heterocycles. The molecule has 11 rings (SSSR count). The number of aryl methyl sites for hydroxylation is 4. The van der Waals surface area contributed by atoms with E-state index in [1.165, 1.54) is 5.56 Å². The molecule has 4 saturated heterocycles. The molecule has 0 radical (unpaired) electrons. The number of epoxide rings is 4. The number of carbonyl (C=O) groups excluding carboxylic acids is 5. The monoisotopic (exact) mass is 1330 g/mol. The Morgan fingerprint density at radius 1 is 0.402 bits per heavy atom. The lowest BCUT2D eigenvalue weighted by atomic mass is 9.93. The number of carbonyl (C=O) groups is 5. The van der Waals surface area contributed by atoms with Gasteiger partial charge in [0.1, 0.15) is 54.4 Å². The lowest BCUT2D eigenvalue weighted by molar-refractivity contribution is -0.126. The Morgan fingerprint density at radius 2 is 0.649 bits per heavy atom. The van der Waals surface area contributed by atoms with Gasteiger partial charge < -0.3 is 65.1 Å². The van der Waals surface area contributed by atoms with Gasteiger partial charge in [-0.05, 0) is 118 Å². The van der Waals surface area contributed by atoms with Crippen LogP contribution in [0, 0.1) is 10.8 Å². The van der Waals surface area contributed by atoms with Crippen molar-refractivity contribution in [1.29, 1.82) is 10.8 Å². The number of ether oxygens (including phenoxy) is 7. The van der Waals surface area contributed by atoms with Crippen LogP contribution in [0.4, 0.5) is 14.4 Å². The Kier molecular flexibility index (Phi) is 30.5. The van der Waals surface area contributed by atoms with Crippen molar-refractivity contribution in [3.05, 3.63) is 251 Å². The van der Waals surface area contributed by atoms with E-state index in [9.17, 15) is 34.2 Å². The van der Waals surface area contributed by atoms with Crippen LogP contribution < -0.4 is 21.7 Å². The van der Waals surface area contributed by atoms with E-state index in [1.807, 2.05) is 226 Å². The van der Waals surface area contributed by atoms with Gasteiger partial charge in [-0.25, -0.2) is 14.4 Å². The Hall–Kier alpha value is -9.17. The van der Waals surface area contributed by atoms with Crippen molar-refractivity contribution in [2.45, 2.75) is 165 Å². The summed E-state index contributed by atoms with van der Waals surface area (Å²) in [6, 6.07) is 66.4. The number of nitrogens with two attached hydrogens (primary N) is 1. The fourth-order valence-electron chi connectivity index (χ4n) is 10.3. The lowest BCUT2D eigenvalue weighted by Crippen LogP contribution is -2.49. The summed E-state index contributed by atoms with van der Waals surface area (Å²) in [6.45, 7) is 9.73. The van der Waals surface area contributed by atoms with Gasteiger partial charge in [-0.3, -0.25) is 9.59 Å². The highest BCUT2D eigenvalue weighted by atomic mass is 16.6. The molecule has 7 aromatic carbocycles. The second-order valence-corrected chi connectivity index (χ2v) is 24.9. The number of nitrogens with one attached hydrogen (secondary N) is 3. The van der Waals surface area contributed by atoms with Crippen molar-refractivity contribution in [3.8, 4) is 0 Å². The molecule has 0 spiro atoms. The van der Waals surface area contributed by atoms with E-state index >= 15 is 0 Å². The molecule has 3 amide bonds. The molecule has 0 aromatic heterocycles. The Labute approximate surface area is 569 Å². The third kappa shape index (κ3) is 26.4. The summed E-state index contributed by atoms with van der Waals surface area (Å²) < 4.78 is 36.9. The summed E-state index contributed by atoms with van der Waals surface area (Å²) in [6.07, 6.45) is 2.19. The third-order valence-electron chi connectivity index (χ3n) is 16.9. The molecule has 0 unspecified atom stereocenters. The van der Waals surface area contributed by atoms with Gasteiger partial charge in [0, 0.05) is 10.8 Å². The Balaban J connectivity index is 0.000000205. The first-order valence-corrected chi connectivity index (χ1v) is 32.4. The van der Waals surface area contributed by atoms with Crippen molar-refractivity contribution >= 4 is 29.8 Å². The van der Waals surface area contributed by atoms with Crippen molar-refractivity contribution in [1.82, 2.24) is 16.0 Å². The standard InChI is InChI=1S/2C21H25NO4.C21H23NO4.C13H17NO2.CH4.N2/c3*1-21(15-26-21)19(23)18(13-12-16-8-4-2-5-9-16)22-20(24)25-14-17-10-6-3-7-11-17;1-13(9-16-13)12(15)11(14)8-7-10-5-3-2-4-6-10;;1-2/h2*2-11,18-19,23H,12-15H2,1H3,(H,22,24);2-11,18H,12-15H2,1H3,(H,22,24);2-6,11H,7-9,14H2,1H3;1H4;/t18-,19+,21-;18-,19-,21+;18-,21+;11-,13+;;/m0000../s1. The average Bonchev–Trinajstić information content (AvgIpc) is 1.72. The fourth-order valence-corrected chi connectivity index (χ4v) is 10.3. The van der Waals surface area contributed by atoms with Crippen LogP contribution in [-0.4, -0.2) is 125 Å². The molecular weight excluding hydrogens is 1230 g/mol. The number of rotatable bonds is 29. The van der Waals surface area contributed by atoms with E-state index in [2.05, 4.69) is 16.0 Å². The second kappa shape index (κ2) is 38.5. The van der Waals surface area contributed by atoms with Crippen molar-refractivity contribution < 1.29 is 67.3 Å². The average molecular weight is 1330 g/mol. The van der Waals surface area contributed by atoms with Gasteiger partial charge in [-0.1, -0.05) is 220 Å². The van der Waals surface area contributed by atoms with Gasteiger partial charge in [0.05, 0.1) is 50.6 Å². The van der Waals surface area contributed by atoms with Crippen LogP contribution in [0.2, 0.25) is 0 Å². The summed E-state index contributed by atoms with van der Waals surface area (Å²) in [5.41, 5.74) is 10.7. The number of Topliss-reactive ketones (excluding diaryl/α,β-unsaturated/α-hetero) is 2. The molecule has 7 N–H and O–H groups in total. The number of hydrogen-bond acceptors (Lipinski definition) is 17. The van der Waals surface area contributed by atoms with E-state index in [-0.39, 0.29) is 38.8 Å². The van der Waals surface area contributed by atoms with E-state index in [0.29, 0.717) is 58.5 Å². The minimum absolute atomic E-state index is 0. The maximum absolute atomic E-state index is 12.7. The highest BCUT2D eigenvalue weighted by molar-refractivity contribution is 5.96. The van der Waals surface area contributed by atoms with Gasteiger partial charge in [-0.2, -0.15) is 0 Å². The zero-order valence-corrected chi connectivity index (χ0v) is 55.0. The molecule has 7 aromatic rings. The van der Waals surface area contributed by atoms with Crippen LogP contribution in [0.25, 0.3) is 0 Å². The Morgan fingerprint density at radius 3 is 0.928 bits per heavy atom. The predicted molar refractivity (Wildman–Crippen MR) is 367 cm³/mol. The van der Waals surface area contributed by atoms with Crippen molar-refractivity contribution in [2.75, 3.05) is 26.4 Å². The first kappa shape index (κ1) is 76.8. The number of nitrogens with zero attached hydrogens (tertiary/aromatic N) is 2. The van der Waals surface area contributed by atoms with E-state index in [4.69, 9.17) is 49.7 Å². The number of alkyl carbamates (subject to hydrolysis) is 3. The van der Waals surface area contributed by atoms with Gasteiger partial charge >= 0.3 is 18.3 Å². The van der Waals surface area contributed by atoms with Gasteiger partial charge in [-0.15, -0.1) is 0 Å². The minimum Gasteiger partial charge on any atom is -0.445 e. The molecule has 20 heteroatoms. The number of hydrogen-bond donors (Lipinski definition) is 6. The smallest absolute Gasteiger partial charge is 0.408 e. The quantitative estimate of drug-likeness (QED) is 0.0144. The zero-order valence-electron chi connectivity index (χ0n) is 55.0.